The van der Waals surface area contributed by atoms with Gasteiger partial charge in [-0.1, -0.05) is 61.0 Å². The van der Waals surface area contributed by atoms with Gasteiger partial charge in [-0.15, -0.1) is 0 Å². The molecule has 1 amide bonds. The molecule has 2 aromatic carbocycles. The molecule has 1 aromatic heterocycles. The number of para-hydroxylation sites is 1. The lowest BCUT2D eigenvalue weighted by Crippen LogP contribution is -2.28. The standard InChI is InChI=1S/C23H18ClN3OS/c1-2-16-10-12-17(13-11-16)15-20-22(28)27(18-7-4-3-5-8-18)23(29-20)26-19-9-6-14-25-21(19)24/h3-15H,2H2,1H3/b20-15-,26-23?. The number of halogens is 1. The van der Waals surface area contributed by atoms with Crippen LogP contribution in [0.25, 0.3) is 6.08 Å². The van der Waals surface area contributed by atoms with Crippen molar-refractivity contribution in [2.75, 3.05) is 4.90 Å². The van der Waals surface area contributed by atoms with Gasteiger partial charge in [0.15, 0.2) is 10.3 Å². The highest BCUT2D eigenvalue weighted by atomic mass is 35.5. The third-order valence-corrected chi connectivity index (χ3v) is 5.72. The molecule has 0 saturated carbocycles. The topological polar surface area (TPSA) is 45.6 Å². The molecule has 4 nitrogen and oxygen atoms in total. The molecule has 1 aliphatic rings. The maximum Gasteiger partial charge on any atom is 0.271 e. The Morgan fingerprint density at radius 3 is 2.52 bits per heavy atom. The number of hydrogen-bond acceptors (Lipinski definition) is 4. The maximum absolute atomic E-state index is 13.2. The summed E-state index contributed by atoms with van der Waals surface area (Å²) in [4.78, 5) is 24.2. The number of aryl methyl sites for hydroxylation is 1. The Bertz CT molecular complexity index is 1090. The van der Waals surface area contributed by atoms with E-state index in [1.807, 2.05) is 48.5 Å². The zero-order valence-electron chi connectivity index (χ0n) is 15.7. The van der Waals surface area contributed by atoms with Gasteiger partial charge in [-0.3, -0.25) is 9.69 Å². The Kier molecular flexibility index (Phi) is 5.79. The summed E-state index contributed by atoms with van der Waals surface area (Å²) in [6.07, 6.45) is 4.49. The Morgan fingerprint density at radius 2 is 1.83 bits per heavy atom. The van der Waals surface area contributed by atoms with Crippen LogP contribution in [0.3, 0.4) is 0 Å². The minimum Gasteiger partial charge on any atom is -0.268 e. The Balaban J connectivity index is 1.75. The Labute approximate surface area is 179 Å². The van der Waals surface area contributed by atoms with Crippen molar-refractivity contribution in [1.29, 1.82) is 0 Å². The summed E-state index contributed by atoms with van der Waals surface area (Å²) in [7, 11) is 0. The minimum atomic E-state index is -0.112. The molecule has 0 unspecified atom stereocenters. The summed E-state index contributed by atoms with van der Waals surface area (Å²) >= 11 is 7.51. The van der Waals surface area contributed by atoms with E-state index >= 15 is 0 Å². The molecule has 1 saturated heterocycles. The van der Waals surface area contributed by atoms with Crippen molar-refractivity contribution >= 4 is 51.9 Å². The van der Waals surface area contributed by atoms with Gasteiger partial charge in [0.1, 0.15) is 5.69 Å². The van der Waals surface area contributed by atoms with Crippen LogP contribution < -0.4 is 4.90 Å². The molecule has 29 heavy (non-hydrogen) atoms. The number of rotatable bonds is 4. The van der Waals surface area contributed by atoms with Crippen LogP contribution in [0, 0.1) is 0 Å². The molecule has 1 aliphatic heterocycles. The van der Waals surface area contributed by atoms with Crippen LogP contribution >= 0.6 is 23.4 Å². The second-order valence-corrected chi connectivity index (χ2v) is 7.76. The highest BCUT2D eigenvalue weighted by Crippen LogP contribution is 2.38. The first kappa shape index (κ1) is 19.4. The molecule has 1 fully saturated rings. The number of aromatic nitrogens is 1. The van der Waals surface area contributed by atoms with Crippen molar-refractivity contribution in [3.05, 3.63) is 94.1 Å². The lowest BCUT2D eigenvalue weighted by atomic mass is 10.1. The molecule has 3 aromatic rings. The number of amidine groups is 1. The first-order valence-corrected chi connectivity index (χ1v) is 10.4. The molecular formula is C23H18ClN3OS. The number of amides is 1. The predicted octanol–water partition coefficient (Wildman–Crippen LogP) is 6.11. The maximum atomic E-state index is 13.2. The summed E-state index contributed by atoms with van der Waals surface area (Å²) in [5, 5.41) is 0.848. The van der Waals surface area contributed by atoms with Gasteiger partial charge >= 0.3 is 0 Å². The van der Waals surface area contributed by atoms with E-state index in [-0.39, 0.29) is 5.91 Å². The molecule has 6 heteroatoms. The van der Waals surface area contributed by atoms with Gasteiger partial charge in [0, 0.05) is 6.20 Å². The van der Waals surface area contributed by atoms with Crippen LogP contribution in [-0.4, -0.2) is 16.1 Å². The smallest absolute Gasteiger partial charge is 0.268 e. The summed E-state index contributed by atoms with van der Waals surface area (Å²) in [5.74, 6) is -0.112. The van der Waals surface area contributed by atoms with Crippen molar-refractivity contribution in [3.8, 4) is 0 Å². The van der Waals surface area contributed by atoms with E-state index < -0.39 is 0 Å². The van der Waals surface area contributed by atoms with Gasteiger partial charge in [-0.2, -0.15) is 0 Å². The SMILES string of the molecule is CCc1ccc(/C=C2\SC(=Nc3cccnc3Cl)N(c3ccccc3)C2=O)cc1. The summed E-state index contributed by atoms with van der Waals surface area (Å²) in [6, 6.07) is 21.2. The lowest BCUT2D eigenvalue weighted by molar-refractivity contribution is -0.113. The van der Waals surface area contributed by atoms with Crippen molar-refractivity contribution in [3.63, 3.8) is 0 Å². The lowest BCUT2D eigenvalue weighted by Gasteiger charge is -2.15. The van der Waals surface area contributed by atoms with E-state index in [9.17, 15) is 4.79 Å². The summed E-state index contributed by atoms with van der Waals surface area (Å²) in [6.45, 7) is 2.12. The molecule has 0 radical (unpaired) electrons. The molecule has 144 valence electrons. The zero-order chi connectivity index (χ0) is 20.2. The molecule has 0 N–H and O–H groups in total. The van der Waals surface area contributed by atoms with E-state index in [1.54, 1.807) is 23.2 Å². The van der Waals surface area contributed by atoms with Crippen molar-refractivity contribution in [2.24, 2.45) is 4.99 Å². The summed E-state index contributed by atoms with van der Waals surface area (Å²) in [5.41, 5.74) is 3.52. The molecule has 0 spiro atoms. The number of hydrogen-bond donors (Lipinski definition) is 0. The van der Waals surface area contributed by atoms with Crippen LogP contribution in [0.4, 0.5) is 11.4 Å². The van der Waals surface area contributed by atoms with Crippen molar-refractivity contribution in [1.82, 2.24) is 4.98 Å². The van der Waals surface area contributed by atoms with E-state index in [4.69, 9.17) is 11.6 Å². The molecule has 4 rings (SSSR count). The highest BCUT2D eigenvalue weighted by Gasteiger charge is 2.34. The van der Waals surface area contributed by atoms with Gasteiger partial charge < -0.3 is 0 Å². The highest BCUT2D eigenvalue weighted by molar-refractivity contribution is 8.19. The quantitative estimate of drug-likeness (QED) is 0.378. The third kappa shape index (κ3) is 4.26. The fourth-order valence-electron chi connectivity index (χ4n) is 2.92. The van der Waals surface area contributed by atoms with Crippen LogP contribution in [0.1, 0.15) is 18.1 Å². The fraction of sp³-hybridized carbons (Fsp3) is 0.0870. The van der Waals surface area contributed by atoms with Crippen molar-refractivity contribution < 1.29 is 4.79 Å². The molecular weight excluding hydrogens is 402 g/mol. The number of benzene rings is 2. The molecule has 0 aliphatic carbocycles. The first-order chi connectivity index (χ1) is 14.2. The fourth-order valence-corrected chi connectivity index (χ4v) is 4.07. The Hall–Kier alpha value is -2.89. The number of carbonyl (C=O) groups excluding carboxylic acids is 1. The molecule has 0 bridgehead atoms. The largest absolute Gasteiger partial charge is 0.271 e. The van der Waals surface area contributed by atoms with Crippen LogP contribution in [0.5, 0.6) is 0 Å². The third-order valence-electron chi connectivity index (χ3n) is 4.46. The van der Waals surface area contributed by atoms with Crippen molar-refractivity contribution in [2.45, 2.75) is 13.3 Å². The van der Waals surface area contributed by atoms with E-state index in [2.05, 4.69) is 29.0 Å². The first-order valence-electron chi connectivity index (χ1n) is 9.23. The zero-order valence-corrected chi connectivity index (χ0v) is 17.3. The number of nitrogens with zero attached hydrogens (tertiary/aromatic N) is 3. The number of pyridine rings is 1. The van der Waals surface area contributed by atoms with Gasteiger partial charge in [0.2, 0.25) is 0 Å². The Morgan fingerprint density at radius 1 is 1.07 bits per heavy atom. The van der Waals surface area contributed by atoms with Crippen LogP contribution in [0.2, 0.25) is 5.15 Å². The second kappa shape index (κ2) is 8.64. The number of thioether (sulfide) groups is 1. The second-order valence-electron chi connectivity index (χ2n) is 6.39. The van der Waals surface area contributed by atoms with Gasteiger partial charge in [0.05, 0.1) is 10.6 Å². The molecule has 0 atom stereocenters. The molecule has 2 heterocycles. The van der Waals surface area contributed by atoms with Gasteiger partial charge in [-0.25, -0.2) is 9.98 Å². The average molecular weight is 420 g/mol. The van der Waals surface area contributed by atoms with Crippen LogP contribution in [-0.2, 0) is 11.2 Å². The van der Waals surface area contributed by atoms with E-state index in [1.165, 1.54) is 17.3 Å². The summed E-state index contributed by atoms with van der Waals surface area (Å²) < 4.78 is 0. The average Bonchev–Trinajstić information content (AvgIpc) is 3.05. The van der Waals surface area contributed by atoms with E-state index in [0.717, 1.165) is 17.7 Å². The van der Waals surface area contributed by atoms with Gasteiger partial charge in [0.25, 0.3) is 5.91 Å². The predicted molar refractivity (Wildman–Crippen MR) is 122 cm³/mol. The van der Waals surface area contributed by atoms with Crippen LogP contribution in [0.15, 0.2) is 82.8 Å². The number of aliphatic imine (C=N–C) groups is 1. The van der Waals surface area contributed by atoms with E-state index in [0.29, 0.717) is 20.9 Å². The van der Waals surface area contributed by atoms with Gasteiger partial charge in [-0.05, 0) is 59.7 Å². The minimum absolute atomic E-state index is 0.112. The monoisotopic (exact) mass is 419 g/mol. The number of carbonyl (C=O) groups is 1. The normalized spacial score (nSPS) is 16.8. The number of anilines is 1.